The summed E-state index contributed by atoms with van der Waals surface area (Å²) in [5, 5.41) is 8.80. The van der Waals surface area contributed by atoms with Crippen molar-refractivity contribution in [1.29, 1.82) is 0 Å². The lowest BCUT2D eigenvalue weighted by molar-refractivity contribution is 0.0925. The van der Waals surface area contributed by atoms with Crippen LogP contribution in [0.1, 0.15) is 38.5 Å². The molecule has 2 heterocycles. The zero-order valence-electron chi connectivity index (χ0n) is 14.3. The van der Waals surface area contributed by atoms with Crippen LogP contribution in [0.25, 0.3) is 0 Å². The van der Waals surface area contributed by atoms with E-state index < -0.39 is 5.91 Å². The molecule has 26 heavy (non-hydrogen) atoms. The highest BCUT2D eigenvalue weighted by atomic mass is 32.1. The summed E-state index contributed by atoms with van der Waals surface area (Å²) in [6.45, 7) is 3.54. The Balaban J connectivity index is 1.68. The number of carbonyl (C=O) groups is 2. The summed E-state index contributed by atoms with van der Waals surface area (Å²) in [5.74, 6) is 0.286. The predicted octanol–water partition coefficient (Wildman–Crippen LogP) is 4.06. The number of thiophene rings is 1. The monoisotopic (exact) mass is 367 g/mol. The van der Waals surface area contributed by atoms with Gasteiger partial charge in [-0.1, -0.05) is 18.2 Å². The molecule has 0 saturated heterocycles. The maximum atomic E-state index is 12.1. The molecule has 0 spiro atoms. The van der Waals surface area contributed by atoms with Crippen molar-refractivity contribution in [3.05, 3.63) is 75.9 Å². The van der Waals surface area contributed by atoms with Gasteiger partial charge in [0.25, 0.3) is 5.91 Å². The fourth-order valence-corrected chi connectivity index (χ4v) is 2.85. The number of nitrogens with one attached hydrogen (secondary N) is 2. The van der Waals surface area contributed by atoms with Gasteiger partial charge in [0.05, 0.1) is 10.6 Å². The molecule has 1 aromatic carbocycles. The van der Waals surface area contributed by atoms with E-state index in [4.69, 9.17) is 4.42 Å². The van der Waals surface area contributed by atoms with Crippen molar-refractivity contribution < 1.29 is 14.0 Å². The summed E-state index contributed by atoms with van der Waals surface area (Å²) < 4.78 is 5.25. The van der Waals surface area contributed by atoms with Gasteiger partial charge >= 0.3 is 5.91 Å². The topological polar surface area (TPSA) is 83.7 Å². The number of nitrogens with zero attached hydrogens (tertiary/aromatic N) is 1. The van der Waals surface area contributed by atoms with Crippen LogP contribution < -0.4 is 10.7 Å². The number of anilines is 1. The van der Waals surface area contributed by atoms with E-state index in [0.717, 1.165) is 5.56 Å². The highest BCUT2D eigenvalue weighted by Crippen LogP contribution is 2.15. The standard InChI is InChI=1S/C19H17N3O3S/c1-12-8-9-16(25-12)18(23)22-21-13(2)14-5-3-6-15(11-14)20-19(24)17-7-4-10-26-17/h3-11H,1-2H3,(H,20,24)(H,22,23). The van der Waals surface area contributed by atoms with Crippen LogP contribution in [0.4, 0.5) is 5.69 Å². The maximum Gasteiger partial charge on any atom is 0.307 e. The van der Waals surface area contributed by atoms with Gasteiger partial charge in [-0.25, -0.2) is 5.43 Å². The number of furan rings is 1. The van der Waals surface area contributed by atoms with Gasteiger partial charge in [-0.05, 0) is 55.1 Å². The van der Waals surface area contributed by atoms with Crippen molar-refractivity contribution in [2.24, 2.45) is 5.10 Å². The minimum atomic E-state index is -0.417. The molecule has 0 saturated carbocycles. The summed E-state index contributed by atoms with van der Waals surface area (Å²) in [4.78, 5) is 24.7. The Hall–Kier alpha value is -3.19. The van der Waals surface area contributed by atoms with Crippen LogP contribution in [0.2, 0.25) is 0 Å². The van der Waals surface area contributed by atoms with Gasteiger partial charge in [-0.15, -0.1) is 11.3 Å². The van der Waals surface area contributed by atoms with Gasteiger partial charge in [-0.3, -0.25) is 9.59 Å². The van der Waals surface area contributed by atoms with E-state index in [9.17, 15) is 9.59 Å². The average molecular weight is 367 g/mol. The Morgan fingerprint density at radius 2 is 1.92 bits per heavy atom. The van der Waals surface area contributed by atoms with E-state index in [1.807, 2.05) is 23.6 Å². The third-order valence-corrected chi connectivity index (χ3v) is 4.44. The quantitative estimate of drug-likeness (QED) is 0.527. The minimum Gasteiger partial charge on any atom is -0.456 e. The van der Waals surface area contributed by atoms with Crippen LogP contribution in [0, 0.1) is 6.92 Å². The van der Waals surface area contributed by atoms with Crippen molar-refractivity contribution in [3.63, 3.8) is 0 Å². The maximum absolute atomic E-state index is 12.1. The number of carbonyl (C=O) groups excluding carboxylic acids is 2. The first-order valence-corrected chi connectivity index (χ1v) is 8.77. The molecule has 0 aliphatic rings. The van der Waals surface area contributed by atoms with Crippen LogP contribution in [-0.2, 0) is 0 Å². The molecule has 0 aliphatic carbocycles. The van der Waals surface area contributed by atoms with E-state index in [2.05, 4.69) is 15.8 Å². The Labute approximate surface area is 154 Å². The van der Waals surface area contributed by atoms with E-state index in [-0.39, 0.29) is 11.7 Å². The second kappa shape index (κ2) is 7.79. The van der Waals surface area contributed by atoms with E-state index in [1.165, 1.54) is 11.3 Å². The highest BCUT2D eigenvalue weighted by molar-refractivity contribution is 7.12. The zero-order valence-corrected chi connectivity index (χ0v) is 15.1. The van der Waals surface area contributed by atoms with Crippen LogP contribution in [0.3, 0.4) is 0 Å². The number of hydrogen-bond donors (Lipinski definition) is 2. The van der Waals surface area contributed by atoms with Crippen LogP contribution in [0.5, 0.6) is 0 Å². The molecule has 0 bridgehead atoms. The Morgan fingerprint density at radius 1 is 1.08 bits per heavy atom. The molecular weight excluding hydrogens is 350 g/mol. The van der Waals surface area contributed by atoms with E-state index >= 15 is 0 Å². The zero-order chi connectivity index (χ0) is 18.5. The molecule has 3 rings (SSSR count). The second-order valence-electron chi connectivity index (χ2n) is 5.56. The first-order valence-electron chi connectivity index (χ1n) is 7.89. The predicted molar refractivity (Wildman–Crippen MR) is 102 cm³/mol. The van der Waals surface area contributed by atoms with Gasteiger partial charge in [0.1, 0.15) is 5.76 Å². The molecule has 0 unspecified atom stereocenters. The molecule has 0 fully saturated rings. The highest BCUT2D eigenvalue weighted by Gasteiger charge is 2.10. The minimum absolute atomic E-state index is 0.159. The molecule has 7 heteroatoms. The fourth-order valence-electron chi connectivity index (χ4n) is 2.23. The third kappa shape index (κ3) is 4.25. The van der Waals surface area contributed by atoms with Crippen LogP contribution in [0.15, 0.2) is 63.4 Å². The van der Waals surface area contributed by atoms with Crippen molar-refractivity contribution in [1.82, 2.24) is 5.43 Å². The Bertz CT molecular complexity index is 958. The molecule has 2 N–H and O–H groups in total. The van der Waals surface area contributed by atoms with Crippen molar-refractivity contribution in [2.75, 3.05) is 5.32 Å². The molecule has 0 atom stereocenters. The van der Waals surface area contributed by atoms with Crippen molar-refractivity contribution >= 4 is 34.6 Å². The summed E-state index contributed by atoms with van der Waals surface area (Å²) in [6.07, 6.45) is 0. The van der Waals surface area contributed by atoms with Crippen molar-refractivity contribution in [2.45, 2.75) is 13.8 Å². The lowest BCUT2D eigenvalue weighted by Crippen LogP contribution is -2.18. The van der Waals surface area contributed by atoms with Gasteiger partial charge in [0.15, 0.2) is 5.76 Å². The summed E-state index contributed by atoms with van der Waals surface area (Å²) in [7, 11) is 0. The second-order valence-corrected chi connectivity index (χ2v) is 6.51. The molecule has 0 radical (unpaired) electrons. The Kier molecular flexibility index (Phi) is 5.28. The number of benzene rings is 1. The number of rotatable bonds is 5. The lowest BCUT2D eigenvalue weighted by atomic mass is 10.1. The third-order valence-electron chi connectivity index (χ3n) is 3.57. The summed E-state index contributed by atoms with van der Waals surface area (Å²) in [5.41, 5.74) is 4.51. The molecule has 2 amide bonds. The van der Waals surface area contributed by atoms with Crippen LogP contribution in [-0.4, -0.2) is 17.5 Å². The Morgan fingerprint density at radius 3 is 2.62 bits per heavy atom. The largest absolute Gasteiger partial charge is 0.456 e. The SMILES string of the molecule is CC(=NNC(=O)c1ccc(C)o1)c1cccc(NC(=O)c2cccs2)c1. The molecule has 0 aliphatic heterocycles. The average Bonchev–Trinajstić information content (AvgIpc) is 3.31. The smallest absolute Gasteiger partial charge is 0.307 e. The first kappa shape index (κ1) is 17.6. The van der Waals surface area contributed by atoms with Crippen molar-refractivity contribution in [3.8, 4) is 0 Å². The van der Waals surface area contributed by atoms with Gasteiger partial charge in [-0.2, -0.15) is 5.10 Å². The number of hydrazone groups is 1. The van der Waals surface area contributed by atoms with Gasteiger partial charge in [0.2, 0.25) is 0 Å². The first-order chi connectivity index (χ1) is 12.5. The number of aryl methyl sites for hydroxylation is 1. The van der Waals surface area contributed by atoms with Gasteiger partial charge in [0, 0.05) is 5.69 Å². The van der Waals surface area contributed by atoms with E-state index in [1.54, 1.807) is 44.2 Å². The lowest BCUT2D eigenvalue weighted by Gasteiger charge is -2.07. The van der Waals surface area contributed by atoms with Crippen LogP contribution >= 0.6 is 11.3 Å². The van der Waals surface area contributed by atoms with E-state index in [0.29, 0.717) is 22.0 Å². The number of amides is 2. The molecule has 2 aromatic heterocycles. The fraction of sp³-hybridized carbons (Fsp3) is 0.105. The normalized spacial score (nSPS) is 11.2. The number of hydrogen-bond acceptors (Lipinski definition) is 5. The summed E-state index contributed by atoms with van der Waals surface area (Å²) >= 11 is 1.38. The molecule has 3 aromatic rings. The molecular formula is C19H17N3O3S. The summed E-state index contributed by atoms with van der Waals surface area (Å²) in [6, 6.07) is 14.2. The molecule has 6 nitrogen and oxygen atoms in total. The molecule has 132 valence electrons. The van der Waals surface area contributed by atoms with Gasteiger partial charge < -0.3 is 9.73 Å².